The van der Waals surface area contributed by atoms with Gasteiger partial charge in [0.2, 0.25) is 0 Å². The lowest BCUT2D eigenvalue weighted by molar-refractivity contribution is 0.640. The average Bonchev–Trinajstić information content (AvgIpc) is 2.17. The second kappa shape index (κ2) is 5.92. The van der Waals surface area contributed by atoms with Gasteiger partial charge in [-0.25, -0.2) is 9.97 Å². The summed E-state index contributed by atoms with van der Waals surface area (Å²) in [7, 11) is -0.768. The third kappa shape index (κ3) is 4.48. The molecule has 4 nitrogen and oxygen atoms in total. The Balaban J connectivity index is 2.35. The third-order valence-electron chi connectivity index (χ3n) is 2.14. The maximum absolute atomic E-state index is 11.1. The smallest absolute Gasteiger partial charge is 0.125 e. The first-order valence-corrected chi connectivity index (χ1v) is 6.53. The predicted molar refractivity (Wildman–Crippen MR) is 62.0 cm³/mol. The van der Waals surface area contributed by atoms with Crippen LogP contribution in [-0.2, 0) is 17.3 Å². The number of rotatable bonds is 5. The minimum Gasteiger partial charge on any atom is -0.310 e. The SMILES string of the molecule is Cc1nccc(CNCC(C)S(C)=O)n1. The van der Waals surface area contributed by atoms with Gasteiger partial charge in [0.25, 0.3) is 0 Å². The van der Waals surface area contributed by atoms with Crippen molar-refractivity contribution in [2.45, 2.75) is 25.6 Å². The van der Waals surface area contributed by atoms with Gasteiger partial charge in [0.05, 0.1) is 5.69 Å². The zero-order valence-electron chi connectivity index (χ0n) is 9.36. The van der Waals surface area contributed by atoms with E-state index in [1.165, 1.54) is 0 Å². The van der Waals surface area contributed by atoms with E-state index in [1.807, 2.05) is 19.9 Å². The number of hydrogen-bond acceptors (Lipinski definition) is 4. The summed E-state index contributed by atoms with van der Waals surface area (Å²) in [5.41, 5.74) is 0.969. The maximum Gasteiger partial charge on any atom is 0.125 e. The number of aryl methyl sites for hydroxylation is 1. The molecular formula is C10H17N3OS. The predicted octanol–water partition coefficient (Wildman–Crippen LogP) is 0.642. The fourth-order valence-corrected chi connectivity index (χ4v) is 1.48. The summed E-state index contributed by atoms with van der Waals surface area (Å²) < 4.78 is 11.1. The standard InChI is InChI=1S/C10H17N3OS/c1-8(15(3)14)6-11-7-10-4-5-12-9(2)13-10/h4-5,8,11H,6-7H2,1-3H3. The van der Waals surface area contributed by atoms with Crippen LogP contribution in [0, 0.1) is 6.92 Å². The Labute approximate surface area is 93.0 Å². The number of hydrogen-bond donors (Lipinski definition) is 1. The Kier molecular flexibility index (Phi) is 4.84. The summed E-state index contributed by atoms with van der Waals surface area (Å²) in [6.07, 6.45) is 3.47. The van der Waals surface area contributed by atoms with Crippen LogP contribution in [0.4, 0.5) is 0 Å². The number of nitrogens with one attached hydrogen (secondary N) is 1. The Bertz CT molecular complexity index is 343. The van der Waals surface area contributed by atoms with Crippen LogP contribution >= 0.6 is 0 Å². The zero-order chi connectivity index (χ0) is 11.3. The molecule has 0 radical (unpaired) electrons. The van der Waals surface area contributed by atoms with Crippen LogP contribution in [0.15, 0.2) is 12.3 Å². The lowest BCUT2D eigenvalue weighted by Gasteiger charge is -2.09. The van der Waals surface area contributed by atoms with E-state index in [2.05, 4.69) is 15.3 Å². The zero-order valence-corrected chi connectivity index (χ0v) is 10.2. The topological polar surface area (TPSA) is 54.9 Å². The number of nitrogens with zero attached hydrogens (tertiary/aromatic N) is 2. The van der Waals surface area contributed by atoms with Gasteiger partial charge in [0, 0.05) is 41.6 Å². The normalized spacial score (nSPS) is 14.9. The van der Waals surface area contributed by atoms with Crippen molar-refractivity contribution in [3.8, 4) is 0 Å². The molecule has 0 saturated carbocycles. The second-order valence-corrected chi connectivity index (χ2v) is 5.34. The van der Waals surface area contributed by atoms with E-state index in [4.69, 9.17) is 0 Å². The summed E-state index contributed by atoms with van der Waals surface area (Å²) in [6, 6.07) is 1.88. The quantitative estimate of drug-likeness (QED) is 0.802. The molecule has 0 fully saturated rings. The highest BCUT2D eigenvalue weighted by atomic mass is 32.2. The molecule has 1 rings (SSSR count). The van der Waals surface area contributed by atoms with Crippen molar-refractivity contribution in [3.05, 3.63) is 23.8 Å². The molecule has 1 heterocycles. The molecular weight excluding hydrogens is 210 g/mol. The fraction of sp³-hybridized carbons (Fsp3) is 0.600. The Morgan fingerprint density at radius 3 is 2.93 bits per heavy atom. The first-order chi connectivity index (χ1) is 7.09. The van der Waals surface area contributed by atoms with Crippen molar-refractivity contribution in [2.24, 2.45) is 0 Å². The molecule has 0 amide bonds. The molecule has 0 saturated heterocycles. The van der Waals surface area contributed by atoms with Gasteiger partial charge in [-0.15, -0.1) is 0 Å². The average molecular weight is 227 g/mol. The summed E-state index contributed by atoms with van der Waals surface area (Å²) >= 11 is 0. The Morgan fingerprint density at radius 2 is 2.33 bits per heavy atom. The monoisotopic (exact) mass is 227 g/mol. The van der Waals surface area contributed by atoms with Crippen LogP contribution in [0.25, 0.3) is 0 Å². The van der Waals surface area contributed by atoms with Crippen molar-refractivity contribution in [2.75, 3.05) is 12.8 Å². The van der Waals surface area contributed by atoms with Crippen molar-refractivity contribution in [1.82, 2.24) is 15.3 Å². The summed E-state index contributed by atoms with van der Waals surface area (Å²) in [4.78, 5) is 8.29. The van der Waals surface area contributed by atoms with Crippen LogP contribution in [0.3, 0.4) is 0 Å². The van der Waals surface area contributed by atoms with E-state index in [0.717, 1.165) is 18.1 Å². The van der Waals surface area contributed by atoms with Crippen LogP contribution in [-0.4, -0.2) is 32.2 Å². The third-order valence-corrected chi connectivity index (χ3v) is 3.44. The molecule has 15 heavy (non-hydrogen) atoms. The van der Waals surface area contributed by atoms with Crippen molar-refractivity contribution < 1.29 is 4.21 Å². The summed E-state index contributed by atoms with van der Waals surface area (Å²) in [5.74, 6) is 0.779. The van der Waals surface area contributed by atoms with Crippen molar-refractivity contribution >= 4 is 10.8 Å². The molecule has 0 bridgehead atoms. The molecule has 2 atom stereocenters. The van der Waals surface area contributed by atoms with Crippen LogP contribution in [0.2, 0.25) is 0 Å². The fourth-order valence-electron chi connectivity index (χ4n) is 1.12. The van der Waals surface area contributed by atoms with E-state index in [0.29, 0.717) is 6.54 Å². The maximum atomic E-state index is 11.1. The first kappa shape index (κ1) is 12.3. The highest BCUT2D eigenvalue weighted by molar-refractivity contribution is 7.84. The van der Waals surface area contributed by atoms with Gasteiger partial charge >= 0.3 is 0 Å². The second-order valence-electron chi connectivity index (χ2n) is 3.54. The van der Waals surface area contributed by atoms with E-state index in [-0.39, 0.29) is 5.25 Å². The minimum atomic E-state index is -0.768. The Morgan fingerprint density at radius 1 is 1.60 bits per heavy atom. The van der Waals surface area contributed by atoms with Gasteiger partial charge in [-0.1, -0.05) is 0 Å². The van der Waals surface area contributed by atoms with Gasteiger partial charge in [-0.3, -0.25) is 4.21 Å². The first-order valence-electron chi connectivity index (χ1n) is 4.91. The van der Waals surface area contributed by atoms with Gasteiger partial charge in [0.15, 0.2) is 0 Å². The molecule has 2 unspecified atom stereocenters. The number of aromatic nitrogens is 2. The largest absolute Gasteiger partial charge is 0.310 e. The van der Waals surface area contributed by atoms with E-state index >= 15 is 0 Å². The van der Waals surface area contributed by atoms with Crippen molar-refractivity contribution in [1.29, 1.82) is 0 Å². The molecule has 1 aromatic rings. The highest BCUT2D eigenvalue weighted by Gasteiger charge is 2.05. The minimum absolute atomic E-state index is 0.174. The molecule has 0 spiro atoms. The van der Waals surface area contributed by atoms with Gasteiger partial charge in [-0.2, -0.15) is 0 Å². The molecule has 0 aliphatic rings. The Hall–Kier alpha value is -0.810. The molecule has 0 aromatic carbocycles. The molecule has 1 aromatic heterocycles. The van der Waals surface area contributed by atoms with Gasteiger partial charge in [-0.05, 0) is 19.9 Å². The summed E-state index contributed by atoms with van der Waals surface area (Å²) in [5, 5.41) is 3.40. The van der Waals surface area contributed by atoms with Crippen LogP contribution in [0.1, 0.15) is 18.4 Å². The van der Waals surface area contributed by atoms with Gasteiger partial charge in [0.1, 0.15) is 5.82 Å². The highest BCUT2D eigenvalue weighted by Crippen LogP contribution is 1.95. The van der Waals surface area contributed by atoms with Gasteiger partial charge < -0.3 is 5.32 Å². The molecule has 0 aliphatic heterocycles. The van der Waals surface area contributed by atoms with Crippen LogP contribution in [0.5, 0.6) is 0 Å². The molecule has 0 aliphatic carbocycles. The van der Waals surface area contributed by atoms with E-state index < -0.39 is 10.8 Å². The van der Waals surface area contributed by atoms with E-state index in [9.17, 15) is 4.21 Å². The molecule has 84 valence electrons. The molecule has 1 N–H and O–H groups in total. The molecule has 5 heteroatoms. The van der Waals surface area contributed by atoms with Crippen LogP contribution < -0.4 is 5.32 Å². The summed E-state index contributed by atoms with van der Waals surface area (Å²) in [6.45, 7) is 5.28. The van der Waals surface area contributed by atoms with Crippen molar-refractivity contribution in [3.63, 3.8) is 0 Å². The lowest BCUT2D eigenvalue weighted by Crippen LogP contribution is -2.27. The lowest BCUT2D eigenvalue weighted by atomic mass is 10.4. The van der Waals surface area contributed by atoms with E-state index in [1.54, 1.807) is 12.5 Å².